The van der Waals surface area contributed by atoms with Crippen LogP contribution in [0.4, 0.5) is 5.69 Å². The Labute approximate surface area is 284 Å². The molecule has 0 bridgehead atoms. The topological polar surface area (TPSA) is 33.1 Å². The van der Waals surface area contributed by atoms with Crippen molar-refractivity contribution in [3.05, 3.63) is 181 Å². The number of benzene rings is 8. The number of nitrogens with zero attached hydrogens (tertiary/aromatic N) is 3. The smallest absolute Gasteiger partial charge is 0.214 e. The van der Waals surface area contributed by atoms with Gasteiger partial charge in [0.15, 0.2) is 0 Å². The van der Waals surface area contributed by atoms with E-state index in [-0.39, 0.29) is 0 Å². The predicted molar refractivity (Wildman–Crippen MR) is 203 cm³/mol. The Morgan fingerprint density at radius 2 is 0.878 bits per heavy atom. The summed E-state index contributed by atoms with van der Waals surface area (Å²) in [6, 6.07) is 59.1. The minimum Gasteiger partial charge on any atom is -0.309 e. The molecule has 0 fully saturated rings. The molecule has 0 atom stereocenters. The summed E-state index contributed by atoms with van der Waals surface area (Å²) in [6.45, 7) is 8.24. The van der Waals surface area contributed by atoms with E-state index < -0.39 is 0 Å². The van der Waals surface area contributed by atoms with Gasteiger partial charge < -0.3 is 4.57 Å². The van der Waals surface area contributed by atoms with E-state index in [0.717, 1.165) is 38.5 Å². The van der Waals surface area contributed by atoms with Gasteiger partial charge in [0.25, 0.3) is 0 Å². The molecule has 0 spiro atoms. The van der Waals surface area contributed by atoms with E-state index in [1.165, 1.54) is 38.2 Å². The zero-order valence-corrected chi connectivity index (χ0v) is 26.4. The highest BCUT2D eigenvalue weighted by Crippen LogP contribution is 2.45. The molecule has 9 rings (SSSR count). The molecule has 1 aromatic heterocycles. The lowest BCUT2D eigenvalue weighted by molar-refractivity contribution is 1.17. The van der Waals surface area contributed by atoms with Gasteiger partial charge in [-0.25, -0.2) is 4.85 Å². The first-order chi connectivity index (χ1) is 24.3. The Bertz CT molecular complexity index is 2720. The molecule has 0 aliphatic carbocycles. The summed E-state index contributed by atoms with van der Waals surface area (Å²) in [5.74, 6) is 0. The van der Waals surface area contributed by atoms with Crippen molar-refractivity contribution >= 4 is 49.0 Å². The van der Waals surface area contributed by atoms with Gasteiger partial charge in [-0.15, -0.1) is 0 Å². The minimum atomic E-state index is 0.359. The van der Waals surface area contributed by atoms with Crippen molar-refractivity contribution in [2.45, 2.75) is 0 Å². The van der Waals surface area contributed by atoms with Crippen molar-refractivity contribution in [1.82, 2.24) is 4.57 Å². The predicted octanol–water partition coefficient (Wildman–Crippen LogP) is 12.5. The Morgan fingerprint density at radius 3 is 1.37 bits per heavy atom. The number of fused-ring (bicyclic) bond motifs is 5. The summed E-state index contributed by atoms with van der Waals surface area (Å²) < 4.78 is 2.11. The molecular weight excluding hydrogens is 595 g/mol. The van der Waals surface area contributed by atoms with Crippen molar-refractivity contribution in [3.8, 4) is 45.1 Å². The summed E-state index contributed by atoms with van der Waals surface area (Å²) >= 11 is 0. The SMILES string of the molecule is [C-]#[N+]c1c(-c2ccc(-c3c4ccccc4c(-c4ccccc4)c4ccccc34)cc2)ccc(-n2c3ccccc3c3ccccc32)c1C#N. The van der Waals surface area contributed by atoms with Crippen LogP contribution in [0.3, 0.4) is 0 Å². The fraction of sp³-hybridized carbons (Fsp3) is 0. The van der Waals surface area contributed by atoms with Crippen LogP contribution in [0, 0.1) is 17.9 Å². The highest BCUT2D eigenvalue weighted by Gasteiger charge is 2.21. The van der Waals surface area contributed by atoms with Gasteiger partial charge in [0.05, 0.1) is 34.9 Å². The third-order valence-electron chi connectivity index (χ3n) is 9.68. The molecule has 0 amide bonds. The highest BCUT2D eigenvalue weighted by atomic mass is 15.0. The van der Waals surface area contributed by atoms with Gasteiger partial charge in [0.1, 0.15) is 0 Å². The van der Waals surface area contributed by atoms with Crippen LogP contribution in [0.15, 0.2) is 164 Å². The highest BCUT2D eigenvalue weighted by molar-refractivity contribution is 6.21. The molecule has 0 aliphatic rings. The van der Waals surface area contributed by atoms with E-state index in [1.807, 2.05) is 36.4 Å². The van der Waals surface area contributed by atoms with E-state index in [0.29, 0.717) is 16.9 Å². The Kier molecular flexibility index (Phi) is 6.58. The summed E-state index contributed by atoms with van der Waals surface area (Å²) in [6.07, 6.45) is 0. The van der Waals surface area contributed by atoms with Crippen LogP contribution in [0.5, 0.6) is 0 Å². The molecular formula is C46H27N3. The first-order valence-corrected chi connectivity index (χ1v) is 16.3. The van der Waals surface area contributed by atoms with E-state index in [4.69, 9.17) is 6.57 Å². The average Bonchev–Trinajstić information content (AvgIpc) is 3.51. The van der Waals surface area contributed by atoms with Gasteiger partial charge in [-0.1, -0.05) is 146 Å². The molecule has 0 saturated carbocycles. The molecule has 0 unspecified atom stereocenters. The third-order valence-corrected chi connectivity index (χ3v) is 9.68. The van der Waals surface area contributed by atoms with Gasteiger partial charge in [0.2, 0.25) is 5.69 Å². The van der Waals surface area contributed by atoms with Gasteiger partial charge in [0, 0.05) is 10.8 Å². The summed E-state index contributed by atoms with van der Waals surface area (Å²) in [5, 5.41) is 17.6. The summed E-state index contributed by atoms with van der Waals surface area (Å²) in [5.41, 5.74) is 9.81. The number of para-hydroxylation sites is 2. The fourth-order valence-electron chi connectivity index (χ4n) is 7.58. The van der Waals surface area contributed by atoms with Crippen molar-refractivity contribution in [2.24, 2.45) is 0 Å². The Morgan fingerprint density at radius 1 is 0.449 bits per heavy atom. The van der Waals surface area contributed by atoms with Crippen LogP contribution in [-0.2, 0) is 0 Å². The second kappa shape index (κ2) is 11.4. The Balaban J connectivity index is 1.21. The van der Waals surface area contributed by atoms with Crippen LogP contribution < -0.4 is 0 Å². The molecule has 0 aliphatic heterocycles. The molecule has 0 saturated heterocycles. The molecule has 0 radical (unpaired) electrons. The number of hydrogen-bond acceptors (Lipinski definition) is 1. The number of rotatable bonds is 4. The maximum atomic E-state index is 10.5. The second-order valence-corrected chi connectivity index (χ2v) is 12.2. The Hall–Kier alpha value is -6.94. The number of nitriles is 1. The molecule has 49 heavy (non-hydrogen) atoms. The standard InChI is InChI=1S/C46H27N3/c1-48-46-33(27-28-43(40(46)29-47)49-41-21-11-9-15-34(41)35-16-10-12-22-42(35)49)30-23-25-32(26-24-30)45-38-19-7-5-17-36(38)44(31-13-3-2-4-14-31)37-18-6-8-20-39(37)45/h2-28H. The van der Waals surface area contributed by atoms with Crippen LogP contribution in [0.1, 0.15) is 5.56 Å². The lowest BCUT2D eigenvalue weighted by Crippen LogP contribution is -1.98. The first kappa shape index (κ1) is 28.3. The van der Waals surface area contributed by atoms with Crippen molar-refractivity contribution < 1.29 is 0 Å². The van der Waals surface area contributed by atoms with Crippen LogP contribution in [0.2, 0.25) is 0 Å². The van der Waals surface area contributed by atoms with Crippen LogP contribution >= 0.6 is 0 Å². The maximum absolute atomic E-state index is 10.5. The first-order valence-electron chi connectivity index (χ1n) is 16.3. The minimum absolute atomic E-state index is 0.359. The molecule has 226 valence electrons. The number of hydrogen-bond donors (Lipinski definition) is 0. The van der Waals surface area contributed by atoms with Gasteiger partial charge >= 0.3 is 0 Å². The summed E-state index contributed by atoms with van der Waals surface area (Å²) in [7, 11) is 0. The monoisotopic (exact) mass is 621 g/mol. The number of aromatic nitrogens is 1. The molecule has 3 nitrogen and oxygen atoms in total. The van der Waals surface area contributed by atoms with E-state index in [2.05, 4.69) is 143 Å². The van der Waals surface area contributed by atoms with E-state index >= 15 is 0 Å². The van der Waals surface area contributed by atoms with Crippen molar-refractivity contribution in [1.29, 1.82) is 5.26 Å². The quantitative estimate of drug-likeness (QED) is 0.142. The van der Waals surface area contributed by atoms with Gasteiger partial charge in [-0.3, -0.25) is 0 Å². The lowest BCUT2D eigenvalue weighted by Gasteiger charge is -2.18. The van der Waals surface area contributed by atoms with Gasteiger partial charge in [-0.2, -0.15) is 5.26 Å². The lowest BCUT2D eigenvalue weighted by atomic mass is 9.85. The second-order valence-electron chi connectivity index (χ2n) is 12.2. The van der Waals surface area contributed by atoms with Crippen molar-refractivity contribution in [2.75, 3.05) is 0 Å². The molecule has 1 heterocycles. The normalized spacial score (nSPS) is 11.2. The molecule has 8 aromatic carbocycles. The molecule has 0 N–H and O–H groups in total. The van der Waals surface area contributed by atoms with Gasteiger partial charge in [-0.05, 0) is 73.1 Å². The van der Waals surface area contributed by atoms with Crippen LogP contribution in [-0.4, -0.2) is 4.57 Å². The zero-order chi connectivity index (χ0) is 32.9. The maximum Gasteiger partial charge on any atom is 0.214 e. The van der Waals surface area contributed by atoms with Crippen molar-refractivity contribution in [3.63, 3.8) is 0 Å². The zero-order valence-electron chi connectivity index (χ0n) is 26.4. The van der Waals surface area contributed by atoms with E-state index in [1.54, 1.807) is 0 Å². The molecule has 3 heteroatoms. The summed E-state index contributed by atoms with van der Waals surface area (Å²) in [4.78, 5) is 3.96. The third kappa shape index (κ3) is 4.35. The van der Waals surface area contributed by atoms with E-state index in [9.17, 15) is 5.26 Å². The molecule has 9 aromatic rings. The fourth-order valence-corrected chi connectivity index (χ4v) is 7.58. The average molecular weight is 622 g/mol. The largest absolute Gasteiger partial charge is 0.309 e. The van der Waals surface area contributed by atoms with Crippen LogP contribution in [0.25, 0.3) is 87.3 Å².